The van der Waals surface area contributed by atoms with Crippen LogP contribution < -0.4 is 10.2 Å². The first-order valence-corrected chi connectivity index (χ1v) is 6.91. The summed E-state index contributed by atoms with van der Waals surface area (Å²) in [6.45, 7) is 1.83. The predicted molar refractivity (Wildman–Crippen MR) is 85.6 cm³/mol. The molecule has 1 aromatic carbocycles. The van der Waals surface area contributed by atoms with Crippen LogP contribution in [0.15, 0.2) is 45.9 Å². The van der Waals surface area contributed by atoms with Gasteiger partial charge in [0.25, 0.3) is 0 Å². The molecule has 0 radical (unpaired) electrons. The Hall–Kier alpha value is -2.60. The molecule has 1 N–H and O–H groups in total. The lowest BCUT2D eigenvalue weighted by atomic mass is 10.2. The average Bonchev–Trinajstić information content (AvgIpc) is 2.98. The third-order valence-electron chi connectivity index (χ3n) is 3.05. The molecule has 0 aliphatic carbocycles. The summed E-state index contributed by atoms with van der Waals surface area (Å²) in [6.07, 6.45) is 0. The number of hydrogen-bond donors (Lipinski definition) is 1. The van der Waals surface area contributed by atoms with E-state index in [0.717, 1.165) is 5.39 Å². The van der Waals surface area contributed by atoms with Crippen LogP contribution in [0.5, 0.6) is 5.75 Å². The SMILES string of the molecule is COc1cccc2cc(C(C)=NNc3ccc(Cl)nn3)oc12. The number of fused-ring (bicyclic) bond motifs is 1. The van der Waals surface area contributed by atoms with Gasteiger partial charge in [-0.3, -0.25) is 5.43 Å². The topological polar surface area (TPSA) is 72.5 Å². The molecule has 0 saturated carbocycles. The first kappa shape index (κ1) is 14.3. The largest absolute Gasteiger partial charge is 0.493 e. The first-order valence-electron chi connectivity index (χ1n) is 6.54. The van der Waals surface area contributed by atoms with Gasteiger partial charge < -0.3 is 9.15 Å². The highest BCUT2D eigenvalue weighted by atomic mass is 35.5. The van der Waals surface area contributed by atoms with Gasteiger partial charge in [-0.25, -0.2) is 0 Å². The summed E-state index contributed by atoms with van der Waals surface area (Å²) in [5, 5.41) is 13.1. The number of ether oxygens (including phenoxy) is 1. The second-order valence-corrected chi connectivity index (χ2v) is 4.93. The number of hydrogen-bond acceptors (Lipinski definition) is 6. The second-order valence-electron chi connectivity index (χ2n) is 4.54. The molecule has 0 saturated heterocycles. The zero-order chi connectivity index (χ0) is 15.5. The van der Waals surface area contributed by atoms with Crippen molar-refractivity contribution in [2.45, 2.75) is 6.92 Å². The molecule has 0 atom stereocenters. The van der Waals surface area contributed by atoms with Gasteiger partial charge in [-0.15, -0.1) is 10.2 Å². The molecular weight excluding hydrogens is 304 g/mol. The summed E-state index contributed by atoms with van der Waals surface area (Å²) in [5.41, 5.74) is 4.18. The number of hydrazone groups is 1. The van der Waals surface area contributed by atoms with E-state index in [2.05, 4.69) is 20.7 Å². The van der Waals surface area contributed by atoms with Crippen molar-refractivity contribution >= 4 is 34.1 Å². The van der Waals surface area contributed by atoms with Crippen molar-refractivity contribution in [2.75, 3.05) is 12.5 Å². The molecule has 22 heavy (non-hydrogen) atoms. The highest BCUT2D eigenvalue weighted by molar-refractivity contribution is 6.29. The number of halogens is 1. The molecule has 7 heteroatoms. The molecule has 0 aliphatic heterocycles. The van der Waals surface area contributed by atoms with E-state index in [1.165, 1.54) is 0 Å². The number of rotatable bonds is 4. The Bertz CT molecular complexity index is 827. The second kappa shape index (κ2) is 6.03. The zero-order valence-electron chi connectivity index (χ0n) is 12.0. The standard InChI is InChI=1S/C15H13ClN4O2/c1-9(17-19-14-7-6-13(16)18-20-14)12-8-10-4-3-5-11(21-2)15(10)22-12/h3-8H,1-2H3,(H,19,20). The Morgan fingerprint density at radius 3 is 2.86 bits per heavy atom. The highest BCUT2D eigenvalue weighted by Crippen LogP contribution is 2.28. The van der Waals surface area contributed by atoms with Crippen LogP contribution in [0.25, 0.3) is 11.0 Å². The van der Waals surface area contributed by atoms with Gasteiger partial charge in [0.2, 0.25) is 0 Å². The van der Waals surface area contributed by atoms with Crippen molar-refractivity contribution in [1.82, 2.24) is 10.2 Å². The average molecular weight is 317 g/mol. The van der Waals surface area contributed by atoms with Gasteiger partial charge in [0.1, 0.15) is 5.71 Å². The van der Waals surface area contributed by atoms with E-state index in [-0.39, 0.29) is 0 Å². The Balaban J connectivity index is 1.86. The van der Waals surface area contributed by atoms with Gasteiger partial charge >= 0.3 is 0 Å². The maximum Gasteiger partial charge on any atom is 0.176 e. The van der Waals surface area contributed by atoms with Crippen LogP contribution in [-0.4, -0.2) is 23.0 Å². The molecular formula is C15H13ClN4O2. The van der Waals surface area contributed by atoms with Gasteiger partial charge in [0, 0.05) is 5.39 Å². The van der Waals surface area contributed by atoms with Crippen molar-refractivity contribution in [3.8, 4) is 5.75 Å². The van der Waals surface area contributed by atoms with Crippen LogP contribution in [0.4, 0.5) is 5.82 Å². The zero-order valence-corrected chi connectivity index (χ0v) is 12.8. The number of para-hydroxylation sites is 1. The molecule has 2 aromatic heterocycles. The van der Waals surface area contributed by atoms with Crippen molar-refractivity contribution < 1.29 is 9.15 Å². The van der Waals surface area contributed by atoms with Crippen LogP contribution in [0.1, 0.15) is 12.7 Å². The van der Waals surface area contributed by atoms with Gasteiger partial charge in [0.15, 0.2) is 28.1 Å². The molecule has 3 rings (SSSR count). The quantitative estimate of drug-likeness (QED) is 0.586. The fourth-order valence-corrected chi connectivity index (χ4v) is 2.05. The van der Waals surface area contributed by atoms with E-state index >= 15 is 0 Å². The minimum absolute atomic E-state index is 0.329. The summed E-state index contributed by atoms with van der Waals surface area (Å²) in [5.74, 6) is 1.83. The Morgan fingerprint density at radius 1 is 1.27 bits per heavy atom. The monoisotopic (exact) mass is 316 g/mol. The Morgan fingerprint density at radius 2 is 2.14 bits per heavy atom. The molecule has 2 heterocycles. The predicted octanol–water partition coefficient (Wildman–Crippen LogP) is 3.72. The third kappa shape index (κ3) is 2.87. The van der Waals surface area contributed by atoms with Crippen LogP contribution in [0, 0.1) is 0 Å². The molecule has 0 spiro atoms. The van der Waals surface area contributed by atoms with E-state index < -0.39 is 0 Å². The van der Waals surface area contributed by atoms with E-state index in [0.29, 0.717) is 33.8 Å². The lowest BCUT2D eigenvalue weighted by Crippen LogP contribution is -2.00. The highest BCUT2D eigenvalue weighted by Gasteiger charge is 2.10. The van der Waals surface area contributed by atoms with Crippen LogP contribution >= 0.6 is 11.6 Å². The van der Waals surface area contributed by atoms with E-state index in [4.69, 9.17) is 20.8 Å². The number of furan rings is 1. The third-order valence-corrected chi connectivity index (χ3v) is 3.26. The van der Waals surface area contributed by atoms with Gasteiger partial charge in [-0.05, 0) is 31.2 Å². The maximum absolute atomic E-state index is 5.81. The van der Waals surface area contributed by atoms with Crippen LogP contribution in [-0.2, 0) is 0 Å². The normalized spacial score (nSPS) is 11.7. The van der Waals surface area contributed by atoms with Crippen LogP contribution in [0.2, 0.25) is 5.15 Å². The molecule has 0 aliphatic rings. The smallest absolute Gasteiger partial charge is 0.176 e. The lowest BCUT2D eigenvalue weighted by Gasteiger charge is -2.00. The van der Waals surface area contributed by atoms with Crippen molar-refractivity contribution in [2.24, 2.45) is 5.10 Å². The van der Waals surface area contributed by atoms with Crippen molar-refractivity contribution in [1.29, 1.82) is 0 Å². The number of benzene rings is 1. The number of nitrogens with zero attached hydrogens (tertiary/aromatic N) is 3. The Kier molecular flexibility index (Phi) is 3.93. The Labute approximate surface area is 131 Å². The lowest BCUT2D eigenvalue weighted by molar-refractivity contribution is 0.410. The molecule has 3 aromatic rings. The molecule has 0 amide bonds. The van der Waals surface area contributed by atoms with E-state index in [1.807, 2.05) is 31.2 Å². The number of methoxy groups -OCH3 is 1. The minimum Gasteiger partial charge on any atom is -0.493 e. The molecule has 6 nitrogen and oxygen atoms in total. The fraction of sp³-hybridized carbons (Fsp3) is 0.133. The summed E-state index contributed by atoms with van der Waals surface area (Å²) >= 11 is 5.68. The van der Waals surface area contributed by atoms with Crippen molar-refractivity contribution in [3.63, 3.8) is 0 Å². The molecule has 0 bridgehead atoms. The van der Waals surface area contributed by atoms with Gasteiger partial charge in [0.05, 0.1) is 7.11 Å². The van der Waals surface area contributed by atoms with Gasteiger partial charge in [-0.1, -0.05) is 23.7 Å². The maximum atomic E-state index is 5.81. The fourth-order valence-electron chi connectivity index (χ4n) is 1.95. The van der Waals surface area contributed by atoms with Gasteiger partial charge in [-0.2, -0.15) is 5.10 Å². The summed E-state index contributed by atoms with van der Waals surface area (Å²) in [6, 6.07) is 10.9. The van der Waals surface area contributed by atoms with Crippen molar-refractivity contribution in [3.05, 3.63) is 47.3 Å². The summed E-state index contributed by atoms with van der Waals surface area (Å²) in [4.78, 5) is 0. The van der Waals surface area contributed by atoms with E-state index in [1.54, 1.807) is 19.2 Å². The molecule has 0 fully saturated rings. The summed E-state index contributed by atoms with van der Waals surface area (Å²) in [7, 11) is 1.61. The van der Waals surface area contributed by atoms with Crippen LogP contribution in [0.3, 0.4) is 0 Å². The molecule has 112 valence electrons. The summed E-state index contributed by atoms with van der Waals surface area (Å²) < 4.78 is 11.1. The number of nitrogens with one attached hydrogen (secondary N) is 1. The number of anilines is 1. The molecule has 0 unspecified atom stereocenters. The number of aromatic nitrogens is 2. The van der Waals surface area contributed by atoms with E-state index in [9.17, 15) is 0 Å². The minimum atomic E-state index is 0.329. The first-order chi connectivity index (χ1) is 10.7.